The second-order valence-corrected chi connectivity index (χ2v) is 7.37. The Morgan fingerprint density at radius 2 is 1.74 bits per heavy atom. The number of aromatic amines is 1. The Morgan fingerprint density at radius 1 is 1.07 bits per heavy atom. The maximum atomic E-state index is 12.7. The number of aromatic nitrogens is 1. The highest BCUT2D eigenvalue weighted by Crippen LogP contribution is 2.23. The predicted octanol–water partition coefficient (Wildman–Crippen LogP) is 4.29. The Hall–Kier alpha value is -2.79. The molecule has 0 radical (unpaired) electrons. The van der Waals surface area contributed by atoms with Gasteiger partial charge in [0.15, 0.2) is 0 Å². The molecule has 0 aliphatic heterocycles. The lowest BCUT2D eigenvalue weighted by atomic mass is 10.0. The van der Waals surface area contributed by atoms with Gasteiger partial charge in [-0.2, -0.15) is 0 Å². The Labute approximate surface area is 162 Å². The van der Waals surface area contributed by atoms with Gasteiger partial charge in [0.2, 0.25) is 5.91 Å². The number of nitrogens with two attached hydrogens (primary N) is 1. The van der Waals surface area contributed by atoms with Gasteiger partial charge in [-0.25, -0.2) is 0 Å². The van der Waals surface area contributed by atoms with Crippen molar-refractivity contribution in [1.82, 2.24) is 10.3 Å². The Bertz CT molecular complexity index is 977. The fourth-order valence-corrected chi connectivity index (χ4v) is 3.14. The lowest BCUT2D eigenvalue weighted by molar-refractivity contribution is -0.118. The number of H-pyrrole nitrogens is 1. The SMILES string of the molecule is CC(C)c1ccc2cc(C(=O)N[C@H](CC(N)=O)c3ccc(Cl)cc3)[nH]c2c1. The van der Waals surface area contributed by atoms with Crippen LogP contribution in [0.3, 0.4) is 0 Å². The number of nitrogens with one attached hydrogen (secondary N) is 2. The summed E-state index contributed by atoms with van der Waals surface area (Å²) in [6, 6.07) is 14.4. The van der Waals surface area contributed by atoms with Gasteiger partial charge < -0.3 is 16.0 Å². The lowest BCUT2D eigenvalue weighted by Crippen LogP contribution is -2.32. The molecule has 1 atom stereocenters. The molecule has 0 saturated heterocycles. The molecule has 0 aliphatic carbocycles. The summed E-state index contributed by atoms with van der Waals surface area (Å²) in [5.74, 6) is -0.383. The second kappa shape index (κ2) is 7.84. The van der Waals surface area contributed by atoms with Gasteiger partial charge in [0.1, 0.15) is 5.69 Å². The van der Waals surface area contributed by atoms with Crippen molar-refractivity contribution in [3.05, 3.63) is 70.4 Å². The van der Waals surface area contributed by atoms with Crippen molar-refractivity contribution in [2.75, 3.05) is 0 Å². The summed E-state index contributed by atoms with van der Waals surface area (Å²) in [4.78, 5) is 27.4. The van der Waals surface area contributed by atoms with Gasteiger partial charge in [-0.1, -0.05) is 49.7 Å². The minimum Gasteiger partial charge on any atom is -0.370 e. The second-order valence-electron chi connectivity index (χ2n) is 6.93. The number of amides is 2. The van der Waals surface area contributed by atoms with E-state index in [0.29, 0.717) is 16.6 Å². The lowest BCUT2D eigenvalue weighted by Gasteiger charge is -2.17. The van der Waals surface area contributed by atoms with Crippen molar-refractivity contribution in [2.45, 2.75) is 32.2 Å². The number of primary amides is 1. The first kappa shape index (κ1) is 19.0. The monoisotopic (exact) mass is 383 g/mol. The zero-order chi connectivity index (χ0) is 19.6. The van der Waals surface area contributed by atoms with E-state index in [9.17, 15) is 9.59 Å². The molecule has 5 nitrogen and oxygen atoms in total. The van der Waals surface area contributed by atoms with Gasteiger partial charge in [0.25, 0.3) is 5.91 Å². The van der Waals surface area contributed by atoms with Gasteiger partial charge >= 0.3 is 0 Å². The Balaban J connectivity index is 1.85. The third-order valence-corrected chi connectivity index (χ3v) is 4.79. The average molecular weight is 384 g/mol. The zero-order valence-corrected chi connectivity index (χ0v) is 16.0. The van der Waals surface area contributed by atoms with Crippen molar-refractivity contribution < 1.29 is 9.59 Å². The molecule has 27 heavy (non-hydrogen) atoms. The van der Waals surface area contributed by atoms with Gasteiger partial charge in [-0.15, -0.1) is 0 Å². The smallest absolute Gasteiger partial charge is 0.268 e. The van der Waals surface area contributed by atoms with Crippen molar-refractivity contribution in [3.8, 4) is 0 Å². The van der Waals surface area contributed by atoms with E-state index >= 15 is 0 Å². The van der Waals surface area contributed by atoms with Crippen LogP contribution in [0.25, 0.3) is 10.9 Å². The number of carbonyl (C=O) groups excluding carboxylic acids is 2. The van der Waals surface area contributed by atoms with E-state index in [-0.39, 0.29) is 12.3 Å². The van der Waals surface area contributed by atoms with E-state index in [0.717, 1.165) is 16.5 Å². The molecule has 3 rings (SSSR count). The van der Waals surface area contributed by atoms with Crippen LogP contribution in [0.1, 0.15) is 53.8 Å². The Morgan fingerprint density at radius 3 is 2.37 bits per heavy atom. The number of hydrogen-bond acceptors (Lipinski definition) is 2. The topological polar surface area (TPSA) is 88.0 Å². The van der Waals surface area contributed by atoms with E-state index in [1.165, 1.54) is 5.56 Å². The molecule has 3 aromatic rings. The highest BCUT2D eigenvalue weighted by molar-refractivity contribution is 6.30. The highest BCUT2D eigenvalue weighted by atomic mass is 35.5. The summed E-state index contributed by atoms with van der Waals surface area (Å²) < 4.78 is 0. The molecule has 2 aromatic carbocycles. The van der Waals surface area contributed by atoms with Crippen molar-refractivity contribution in [3.63, 3.8) is 0 Å². The van der Waals surface area contributed by atoms with E-state index in [4.69, 9.17) is 17.3 Å². The van der Waals surface area contributed by atoms with Crippen LogP contribution in [0.4, 0.5) is 0 Å². The van der Waals surface area contributed by atoms with E-state index in [1.54, 1.807) is 30.3 Å². The van der Waals surface area contributed by atoms with Crippen LogP contribution in [-0.4, -0.2) is 16.8 Å². The molecule has 2 amide bonds. The summed E-state index contributed by atoms with van der Waals surface area (Å²) in [6.45, 7) is 4.25. The molecular formula is C21H22ClN3O2. The minimum absolute atomic E-state index is 0.00506. The van der Waals surface area contributed by atoms with Crippen molar-refractivity contribution in [2.24, 2.45) is 5.73 Å². The predicted molar refractivity (Wildman–Crippen MR) is 108 cm³/mol. The van der Waals surface area contributed by atoms with Crippen LogP contribution in [0.2, 0.25) is 5.02 Å². The summed E-state index contributed by atoms with van der Waals surface area (Å²) in [5, 5.41) is 4.43. The molecule has 0 bridgehead atoms. The minimum atomic E-state index is -0.523. The number of rotatable bonds is 6. The average Bonchev–Trinajstić information content (AvgIpc) is 3.04. The fraction of sp³-hybridized carbons (Fsp3) is 0.238. The van der Waals surface area contributed by atoms with Gasteiger partial charge in [0.05, 0.1) is 12.5 Å². The number of hydrogen-bond donors (Lipinski definition) is 3. The first-order valence-corrected chi connectivity index (χ1v) is 9.18. The molecule has 4 N–H and O–H groups in total. The Kier molecular flexibility index (Phi) is 5.51. The quantitative estimate of drug-likeness (QED) is 0.592. The van der Waals surface area contributed by atoms with Crippen LogP contribution in [0.15, 0.2) is 48.5 Å². The first-order chi connectivity index (χ1) is 12.8. The van der Waals surface area contributed by atoms with Crippen molar-refractivity contribution in [1.29, 1.82) is 0 Å². The zero-order valence-electron chi connectivity index (χ0n) is 15.3. The third-order valence-electron chi connectivity index (χ3n) is 4.54. The maximum Gasteiger partial charge on any atom is 0.268 e. The first-order valence-electron chi connectivity index (χ1n) is 8.81. The third kappa shape index (κ3) is 4.49. The van der Waals surface area contributed by atoms with Gasteiger partial charge in [-0.3, -0.25) is 9.59 Å². The van der Waals surface area contributed by atoms with Crippen LogP contribution in [0.5, 0.6) is 0 Å². The molecule has 0 spiro atoms. The van der Waals surface area contributed by atoms with Crippen LogP contribution < -0.4 is 11.1 Å². The highest BCUT2D eigenvalue weighted by Gasteiger charge is 2.19. The maximum absolute atomic E-state index is 12.7. The number of halogens is 1. The van der Waals surface area contributed by atoms with Crippen LogP contribution in [-0.2, 0) is 4.79 Å². The summed E-state index contributed by atoms with van der Waals surface area (Å²) in [6.07, 6.45) is 0.00506. The molecule has 1 heterocycles. The normalized spacial score (nSPS) is 12.3. The summed E-state index contributed by atoms with van der Waals surface area (Å²) >= 11 is 5.92. The van der Waals surface area contributed by atoms with E-state index in [1.807, 2.05) is 6.07 Å². The number of benzene rings is 2. The standard InChI is InChI=1S/C21H22ClN3O2/c1-12(2)14-3-4-15-10-19(24-17(15)9-14)21(27)25-18(11-20(23)26)13-5-7-16(22)8-6-13/h3-10,12,18,24H,11H2,1-2H3,(H2,23,26)(H,25,27)/t18-/m1/s1. The largest absolute Gasteiger partial charge is 0.370 e. The molecule has 140 valence electrons. The number of carbonyl (C=O) groups is 2. The van der Waals surface area contributed by atoms with E-state index < -0.39 is 11.9 Å². The fourth-order valence-electron chi connectivity index (χ4n) is 3.01. The van der Waals surface area contributed by atoms with E-state index in [2.05, 4.69) is 36.3 Å². The summed E-state index contributed by atoms with van der Waals surface area (Å²) in [7, 11) is 0. The molecule has 0 aliphatic rings. The van der Waals surface area contributed by atoms with Gasteiger partial charge in [-0.05, 0) is 41.3 Å². The molecule has 0 unspecified atom stereocenters. The molecule has 0 fully saturated rings. The van der Waals surface area contributed by atoms with Crippen LogP contribution >= 0.6 is 11.6 Å². The molecule has 1 aromatic heterocycles. The van der Waals surface area contributed by atoms with Crippen LogP contribution in [0, 0.1) is 0 Å². The van der Waals surface area contributed by atoms with Gasteiger partial charge in [0, 0.05) is 15.9 Å². The molecule has 6 heteroatoms. The molecular weight excluding hydrogens is 362 g/mol. The van der Waals surface area contributed by atoms with Crippen molar-refractivity contribution >= 4 is 34.3 Å². The summed E-state index contributed by atoms with van der Waals surface area (Å²) in [5.41, 5.74) is 8.67. The molecule has 0 saturated carbocycles. The number of fused-ring (bicyclic) bond motifs is 1.